The highest BCUT2D eigenvalue weighted by atomic mass is 35.5. The smallest absolute Gasteiger partial charge is 0.274 e. The average molecular weight is 376 g/mol. The van der Waals surface area contributed by atoms with E-state index in [2.05, 4.69) is 15.6 Å². The fraction of sp³-hybridized carbons (Fsp3) is 0. The van der Waals surface area contributed by atoms with Crippen LogP contribution in [0.25, 0.3) is 0 Å². The summed E-state index contributed by atoms with van der Waals surface area (Å²) in [6, 6.07) is 14.3. The highest BCUT2D eigenvalue weighted by Gasteiger charge is 2.12. The summed E-state index contributed by atoms with van der Waals surface area (Å²) in [5, 5.41) is 6.14. The number of benzene rings is 2. The van der Waals surface area contributed by atoms with Crippen LogP contribution in [0, 0.1) is 5.82 Å². The van der Waals surface area contributed by atoms with Crippen LogP contribution in [-0.4, -0.2) is 10.9 Å². The molecule has 2 aromatic carbocycles. The summed E-state index contributed by atoms with van der Waals surface area (Å²) in [4.78, 5) is 16.4. The van der Waals surface area contributed by atoms with Crippen molar-refractivity contribution in [1.82, 2.24) is 4.98 Å². The van der Waals surface area contributed by atoms with Gasteiger partial charge in [-0.05, 0) is 36.4 Å². The highest BCUT2D eigenvalue weighted by molar-refractivity contribution is 6.44. The quantitative estimate of drug-likeness (QED) is 0.630. The summed E-state index contributed by atoms with van der Waals surface area (Å²) in [7, 11) is 0. The van der Waals surface area contributed by atoms with Crippen LogP contribution in [-0.2, 0) is 0 Å². The van der Waals surface area contributed by atoms with Crippen molar-refractivity contribution >= 4 is 46.2 Å². The van der Waals surface area contributed by atoms with Gasteiger partial charge >= 0.3 is 0 Å². The Morgan fingerprint density at radius 3 is 2.56 bits per heavy atom. The molecule has 0 saturated heterocycles. The van der Waals surface area contributed by atoms with E-state index in [1.807, 2.05) is 0 Å². The van der Waals surface area contributed by atoms with Gasteiger partial charge in [-0.15, -0.1) is 0 Å². The van der Waals surface area contributed by atoms with E-state index in [-0.39, 0.29) is 10.7 Å². The average Bonchev–Trinajstić information content (AvgIpc) is 2.61. The Kier molecular flexibility index (Phi) is 5.16. The molecule has 126 valence electrons. The zero-order valence-corrected chi connectivity index (χ0v) is 14.3. The molecule has 1 heterocycles. The van der Waals surface area contributed by atoms with Crippen molar-refractivity contribution in [3.05, 3.63) is 82.4 Å². The SMILES string of the molecule is O=C(Nc1cccc(Cl)c1Cl)c1cc(Nc2ccccc2F)ccn1. The van der Waals surface area contributed by atoms with Crippen LogP contribution in [0.4, 0.5) is 21.5 Å². The van der Waals surface area contributed by atoms with Crippen molar-refractivity contribution < 1.29 is 9.18 Å². The van der Waals surface area contributed by atoms with Gasteiger partial charge in [-0.3, -0.25) is 9.78 Å². The molecule has 0 fully saturated rings. The maximum absolute atomic E-state index is 13.7. The number of nitrogens with one attached hydrogen (secondary N) is 2. The molecular formula is C18H12Cl2FN3O. The van der Waals surface area contributed by atoms with Crippen molar-refractivity contribution in [2.24, 2.45) is 0 Å². The number of carbonyl (C=O) groups is 1. The van der Waals surface area contributed by atoms with Gasteiger partial charge in [0.1, 0.15) is 11.5 Å². The molecule has 0 aliphatic heterocycles. The number of nitrogens with zero attached hydrogens (tertiary/aromatic N) is 1. The molecule has 0 atom stereocenters. The molecule has 25 heavy (non-hydrogen) atoms. The predicted molar refractivity (Wildman–Crippen MR) is 98.3 cm³/mol. The Bertz CT molecular complexity index is 934. The minimum Gasteiger partial charge on any atom is -0.353 e. The number of anilines is 3. The lowest BCUT2D eigenvalue weighted by molar-refractivity contribution is 0.102. The van der Waals surface area contributed by atoms with E-state index in [9.17, 15) is 9.18 Å². The maximum atomic E-state index is 13.7. The molecule has 0 bridgehead atoms. The molecule has 7 heteroatoms. The number of amides is 1. The van der Waals surface area contributed by atoms with Crippen LogP contribution >= 0.6 is 23.2 Å². The highest BCUT2D eigenvalue weighted by Crippen LogP contribution is 2.30. The van der Waals surface area contributed by atoms with Gasteiger partial charge < -0.3 is 10.6 Å². The van der Waals surface area contributed by atoms with Gasteiger partial charge in [0.15, 0.2) is 0 Å². The molecule has 3 rings (SSSR count). The second-order valence-electron chi connectivity index (χ2n) is 5.09. The maximum Gasteiger partial charge on any atom is 0.274 e. The third-order valence-electron chi connectivity index (χ3n) is 3.35. The van der Waals surface area contributed by atoms with Gasteiger partial charge in [0, 0.05) is 11.9 Å². The number of aromatic nitrogens is 1. The van der Waals surface area contributed by atoms with Crippen molar-refractivity contribution in [2.45, 2.75) is 0 Å². The van der Waals surface area contributed by atoms with Crippen molar-refractivity contribution in [2.75, 3.05) is 10.6 Å². The van der Waals surface area contributed by atoms with Gasteiger partial charge in [-0.2, -0.15) is 0 Å². The Morgan fingerprint density at radius 2 is 1.76 bits per heavy atom. The number of para-hydroxylation sites is 1. The fourth-order valence-corrected chi connectivity index (χ4v) is 2.49. The van der Waals surface area contributed by atoms with Crippen LogP contribution in [0.1, 0.15) is 10.5 Å². The summed E-state index contributed by atoms with van der Waals surface area (Å²) >= 11 is 12.0. The standard InChI is InChI=1S/C18H12Cl2FN3O/c19-12-4-3-7-15(17(12)20)24-18(25)16-10-11(8-9-22-16)23-14-6-2-1-5-13(14)21/h1-10H,(H,22,23)(H,24,25). The Hall–Kier alpha value is -2.63. The first-order valence-electron chi connectivity index (χ1n) is 7.27. The molecule has 0 aliphatic rings. The predicted octanol–water partition coefficient (Wildman–Crippen LogP) is 5.52. The van der Waals surface area contributed by atoms with E-state index in [0.717, 1.165) is 0 Å². The second-order valence-corrected chi connectivity index (χ2v) is 5.88. The molecule has 0 saturated carbocycles. The van der Waals surface area contributed by atoms with E-state index < -0.39 is 11.7 Å². The van der Waals surface area contributed by atoms with Gasteiger partial charge in [0.05, 0.1) is 21.4 Å². The largest absolute Gasteiger partial charge is 0.353 e. The van der Waals surface area contributed by atoms with Gasteiger partial charge in [-0.25, -0.2) is 4.39 Å². The number of halogens is 3. The van der Waals surface area contributed by atoms with Crippen molar-refractivity contribution in [3.63, 3.8) is 0 Å². The molecule has 0 spiro atoms. The lowest BCUT2D eigenvalue weighted by Crippen LogP contribution is -2.14. The van der Waals surface area contributed by atoms with Crippen LogP contribution in [0.15, 0.2) is 60.8 Å². The number of carbonyl (C=O) groups excluding carboxylic acids is 1. The summed E-state index contributed by atoms with van der Waals surface area (Å²) in [5.41, 5.74) is 1.37. The minimum absolute atomic E-state index is 0.150. The van der Waals surface area contributed by atoms with E-state index in [1.165, 1.54) is 18.3 Å². The third-order valence-corrected chi connectivity index (χ3v) is 4.16. The number of hydrogen-bond donors (Lipinski definition) is 2. The summed E-state index contributed by atoms with van der Waals surface area (Å²) < 4.78 is 13.7. The van der Waals surface area contributed by atoms with Gasteiger partial charge in [0.2, 0.25) is 0 Å². The molecule has 0 aliphatic carbocycles. The van der Waals surface area contributed by atoms with E-state index in [0.29, 0.717) is 22.1 Å². The molecule has 3 aromatic rings. The Balaban J connectivity index is 1.80. The molecule has 4 nitrogen and oxygen atoms in total. The van der Waals surface area contributed by atoms with E-state index in [1.54, 1.807) is 42.5 Å². The Morgan fingerprint density at radius 1 is 1.00 bits per heavy atom. The topological polar surface area (TPSA) is 54.0 Å². The lowest BCUT2D eigenvalue weighted by atomic mass is 10.2. The normalized spacial score (nSPS) is 10.4. The minimum atomic E-state index is -0.457. The fourth-order valence-electron chi connectivity index (χ4n) is 2.14. The molecule has 1 amide bonds. The van der Waals surface area contributed by atoms with Gasteiger partial charge in [0.25, 0.3) is 5.91 Å². The van der Waals surface area contributed by atoms with Crippen LogP contribution < -0.4 is 10.6 Å². The summed E-state index contributed by atoms with van der Waals surface area (Å²) in [6.07, 6.45) is 1.46. The zero-order valence-electron chi connectivity index (χ0n) is 12.8. The number of pyridine rings is 1. The molecular weight excluding hydrogens is 364 g/mol. The van der Waals surface area contributed by atoms with Crippen molar-refractivity contribution in [1.29, 1.82) is 0 Å². The second kappa shape index (κ2) is 7.51. The monoisotopic (exact) mass is 375 g/mol. The van der Waals surface area contributed by atoms with Crippen molar-refractivity contribution in [3.8, 4) is 0 Å². The third kappa shape index (κ3) is 4.07. The summed E-state index contributed by atoms with van der Waals surface area (Å²) in [6.45, 7) is 0. The summed E-state index contributed by atoms with van der Waals surface area (Å²) in [5.74, 6) is -0.850. The molecule has 0 unspecified atom stereocenters. The van der Waals surface area contributed by atoms with Gasteiger partial charge in [-0.1, -0.05) is 41.4 Å². The number of hydrogen-bond acceptors (Lipinski definition) is 3. The van der Waals surface area contributed by atoms with Crippen LogP contribution in [0.2, 0.25) is 10.0 Å². The first-order chi connectivity index (χ1) is 12.0. The van der Waals surface area contributed by atoms with Crippen LogP contribution in [0.3, 0.4) is 0 Å². The first kappa shape index (κ1) is 17.2. The zero-order chi connectivity index (χ0) is 17.8. The Labute approximate surface area is 153 Å². The van der Waals surface area contributed by atoms with E-state index in [4.69, 9.17) is 23.2 Å². The lowest BCUT2D eigenvalue weighted by Gasteiger charge is -2.10. The molecule has 2 N–H and O–H groups in total. The first-order valence-corrected chi connectivity index (χ1v) is 8.03. The molecule has 0 radical (unpaired) electrons. The number of rotatable bonds is 4. The molecule has 1 aromatic heterocycles. The van der Waals surface area contributed by atoms with E-state index >= 15 is 0 Å². The van der Waals surface area contributed by atoms with Crippen LogP contribution in [0.5, 0.6) is 0 Å².